The van der Waals surface area contributed by atoms with Gasteiger partial charge in [-0.1, -0.05) is 129 Å². The van der Waals surface area contributed by atoms with Gasteiger partial charge in [-0.15, -0.1) is 0 Å². The van der Waals surface area contributed by atoms with Crippen molar-refractivity contribution in [2.75, 3.05) is 13.2 Å². The molecule has 1 rings (SSSR count). The van der Waals surface area contributed by atoms with Crippen molar-refractivity contribution >= 4 is 11.9 Å². The van der Waals surface area contributed by atoms with E-state index in [4.69, 9.17) is 9.47 Å². The van der Waals surface area contributed by atoms with Gasteiger partial charge in [0.2, 0.25) is 0 Å². The van der Waals surface area contributed by atoms with Crippen LogP contribution < -0.4 is 0 Å². The van der Waals surface area contributed by atoms with Crippen LogP contribution in [0.4, 0.5) is 0 Å². The second-order valence-electron chi connectivity index (χ2n) is 10.7. The van der Waals surface area contributed by atoms with Gasteiger partial charge in [0.25, 0.3) is 0 Å². The third-order valence-corrected chi connectivity index (χ3v) is 7.88. The van der Waals surface area contributed by atoms with E-state index in [0.717, 1.165) is 38.5 Å². The minimum Gasteiger partial charge on any atom is -0.462 e. The summed E-state index contributed by atoms with van der Waals surface area (Å²) in [5.41, 5.74) is -0.142. The van der Waals surface area contributed by atoms with Gasteiger partial charge in [-0.2, -0.15) is 0 Å². The van der Waals surface area contributed by atoms with Gasteiger partial charge >= 0.3 is 11.9 Å². The molecule has 0 amide bonds. The van der Waals surface area contributed by atoms with Crippen molar-refractivity contribution in [3.63, 3.8) is 0 Å². The van der Waals surface area contributed by atoms with E-state index in [1.165, 1.54) is 102 Å². The fourth-order valence-corrected chi connectivity index (χ4v) is 5.59. The lowest BCUT2D eigenvalue weighted by molar-refractivity contribution is -0.149. The van der Waals surface area contributed by atoms with Gasteiger partial charge < -0.3 is 9.47 Å². The summed E-state index contributed by atoms with van der Waals surface area (Å²) >= 11 is 0. The molecule has 1 aliphatic rings. The van der Waals surface area contributed by atoms with Crippen molar-refractivity contribution in [2.24, 2.45) is 11.3 Å². The number of hydrogen-bond acceptors (Lipinski definition) is 4. The molecule has 4 heteroatoms. The van der Waals surface area contributed by atoms with Crippen LogP contribution in [0.15, 0.2) is 25.3 Å². The van der Waals surface area contributed by atoms with Crippen LogP contribution >= 0.6 is 0 Å². The van der Waals surface area contributed by atoms with Gasteiger partial charge in [-0.25, -0.2) is 9.59 Å². The molecule has 0 saturated heterocycles. The van der Waals surface area contributed by atoms with E-state index in [1.807, 2.05) is 0 Å². The highest BCUT2D eigenvalue weighted by molar-refractivity contribution is 5.81. The molecule has 0 spiro atoms. The Morgan fingerprint density at radius 2 is 1.26 bits per heavy atom. The van der Waals surface area contributed by atoms with Gasteiger partial charge in [0.15, 0.2) is 0 Å². The summed E-state index contributed by atoms with van der Waals surface area (Å²) < 4.78 is 11.3. The van der Waals surface area contributed by atoms with Crippen LogP contribution in [0.5, 0.6) is 0 Å². The Labute approximate surface area is 216 Å². The first-order chi connectivity index (χ1) is 17.1. The fraction of sp³-hybridized carbons (Fsp3) is 0.806. The van der Waals surface area contributed by atoms with Gasteiger partial charge in [-0.3, -0.25) is 0 Å². The van der Waals surface area contributed by atoms with Crippen LogP contribution in [0.3, 0.4) is 0 Å². The monoisotopic (exact) mass is 490 g/mol. The van der Waals surface area contributed by atoms with Crippen LogP contribution in [0, 0.1) is 11.3 Å². The summed E-state index contributed by atoms with van der Waals surface area (Å²) in [5, 5.41) is 0. The molecule has 1 fully saturated rings. The molecule has 4 nitrogen and oxygen atoms in total. The number of unbranched alkanes of at least 4 members (excludes halogenated alkanes) is 10. The molecule has 0 radical (unpaired) electrons. The molecular weight excluding hydrogens is 436 g/mol. The number of carbonyl (C=O) groups excluding carboxylic acids is 2. The first-order valence-corrected chi connectivity index (χ1v) is 14.7. The molecule has 1 saturated carbocycles. The summed E-state index contributed by atoms with van der Waals surface area (Å²) in [6.07, 6.45) is 27.3. The molecule has 202 valence electrons. The second kappa shape index (κ2) is 20.6. The van der Waals surface area contributed by atoms with Crippen molar-refractivity contribution in [1.82, 2.24) is 0 Å². The first-order valence-electron chi connectivity index (χ1n) is 14.7. The van der Waals surface area contributed by atoms with Gasteiger partial charge in [0.1, 0.15) is 0 Å². The van der Waals surface area contributed by atoms with Crippen molar-refractivity contribution < 1.29 is 19.1 Å². The summed E-state index contributed by atoms with van der Waals surface area (Å²) in [6, 6.07) is 0. The largest absolute Gasteiger partial charge is 0.462 e. The normalized spacial score (nSPS) is 21.1. The molecule has 0 aromatic heterocycles. The lowest BCUT2D eigenvalue weighted by Crippen LogP contribution is -2.39. The highest BCUT2D eigenvalue weighted by Crippen LogP contribution is 2.43. The fourth-order valence-electron chi connectivity index (χ4n) is 5.59. The molecule has 0 aromatic carbocycles. The Morgan fingerprint density at radius 3 is 1.86 bits per heavy atom. The molecule has 0 N–H and O–H groups in total. The Hall–Kier alpha value is -1.58. The van der Waals surface area contributed by atoms with Crippen LogP contribution in [0.2, 0.25) is 0 Å². The quantitative estimate of drug-likeness (QED) is 0.109. The Bertz CT molecular complexity index is 585. The molecule has 0 heterocycles. The molecule has 0 aromatic rings. The Morgan fingerprint density at radius 1 is 0.743 bits per heavy atom. The lowest BCUT2D eigenvalue weighted by atomic mass is 9.67. The van der Waals surface area contributed by atoms with E-state index in [1.54, 1.807) is 0 Å². The van der Waals surface area contributed by atoms with E-state index in [9.17, 15) is 9.59 Å². The molecular formula is C31H54O4. The van der Waals surface area contributed by atoms with E-state index >= 15 is 0 Å². The number of hydrogen-bond donors (Lipinski definition) is 0. The third kappa shape index (κ3) is 14.5. The van der Waals surface area contributed by atoms with Crippen LogP contribution in [0.1, 0.15) is 135 Å². The standard InChI is InChI=1S/C31H54O4/c1-4-7-8-9-10-11-12-13-15-18-21-24-31(27-35-30(33)6-3)25-22-19-16-14-17-20-23-28(31)26-34-29(32)5-2/h5-6,28H,2-4,7-27H2,1H3. The minimum absolute atomic E-state index is 0.142. The zero-order chi connectivity index (χ0) is 25.6. The predicted molar refractivity (Wildman–Crippen MR) is 146 cm³/mol. The smallest absolute Gasteiger partial charge is 0.330 e. The third-order valence-electron chi connectivity index (χ3n) is 7.88. The Kier molecular flexibility index (Phi) is 18.5. The predicted octanol–water partition coefficient (Wildman–Crippen LogP) is 8.88. The summed E-state index contributed by atoms with van der Waals surface area (Å²) in [6.45, 7) is 10.2. The van der Waals surface area contributed by atoms with Crippen LogP contribution in [-0.2, 0) is 19.1 Å². The van der Waals surface area contributed by atoms with Crippen molar-refractivity contribution in [3.8, 4) is 0 Å². The maximum atomic E-state index is 12.0. The molecule has 2 atom stereocenters. The second-order valence-corrected chi connectivity index (χ2v) is 10.7. The van der Waals surface area contributed by atoms with Crippen LogP contribution in [-0.4, -0.2) is 25.2 Å². The number of carbonyl (C=O) groups is 2. The molecule has 0 aliphatic heterocycles. The number of rotatable bonds is 18. The van der Waals surface area contributed by atoms with E-state index in [0.29, 0.717) is 13.2 Å². The molecule has 35 heavy (non-hydrogen) atoms. The van der Waals surface area contributed by atoms with E-state index in [2.05, 4.69) is 20.1 Å². The van der Waals surface area contributed by atoms with E-state index in [-0.39, 0.29) is 23.3 Å². The molecule has 0 bridgehead atoms. The topological polar surface area (TPSA) is 52.6 Å². The highest BCUT2D eigenvalue weighted by atomic mass is 16.5. The van der Waals surface area contributed by atoms with Crippen LogP contribution in [0.25, 0.3) is 0 Å². The van der Waals surface area contributed by atoms with Crippen molar-refractivity contribution in [3.05, 3.63) is 25.3 Å². The highest BCUT2D eigenvalue weighted by Gasteiger charge is 2.39. The summed E-state index contributed by atoms with van der Waals surface area (Å²) in [5.74, 6) is -0.527. The van der Waals surface area contributed by atoms with Gasteiger partial charge in [0, 0.05) is 23.5 Å². The maximum absolute atomic E-state index is 12.0. The minimum atomic E-state index is -0.367. The molecule has 2 unspecified atom stereocenters. The summed E-state index contributed by atoms with van der Waals surface area (Å²) in [4.78, 5) is 23.9. The molecule has 1 aliphatic carbocycles. The van der Waals surface area contributed by atoms with E-state index < -0.39 is 0 Å². The average Bonchev–Trinajstić information content (AvgIpc) is 2.88. The average molecular weight is 491 g/mol. The summed E-state index contributed by atoms with van der Waals surface area (Å²) in [7, 11) is 0. The lowest BCUT2D eigenvalue weighted by Gasteiger charge is -2.41. The maximum Gasteiger partial charge on any atom is 0.330 e. The SMILES string of the molecule is C=CC(=O)OCC1CCCCCCCCC1(CCCCCCCCCCCCC)COC(=O)C=C. The Balaban J connectivity index is 2.71. The number of ether oxygens (including phenoxy) is 2. The zero-order valence-corrected chi connectivity index (χ0v) is 22.8. The first kappa shape index (κ1) is 31.4. The van der Waals surface area contributed by atoms with Crippen molar-refractivity contribution in [1.29, 1.82) is 0 Å². The van der Waals surface area contributed by atoms with Gasteiger partial charge in [0.05, 0.1) is 13.2 Å². The number of esters is 2. The van der Waals surface area contributed by atoms with Crippen molar-refractivity contribution in [2.45, 2.75) is 135 Å². The van der Waals surface area contributed by atoms with Gasteiger partial charge in [-0.05, 0) is 19.3 Å². The zero-order valence-electron chi connectivity index (χ0n) is 22.8.